The lowest BCUT2D eigenvalue weighted by atomic mass is 9.97. The molecule has 2 amide bonds. The molecule has 0 saturated carbocycles. The van der Waals surface area contributed by atoms with E-state index in [-0.39, 0.29) is 25.1 Å². The number of carbonyl (C=O) groups is 2. The maximum absolute atomic E-state index is 12.9. The van der Waals surface area contributed by atoms with Crippen LogP contribution in [0, 0.1) is 0 Å². The Morgan fingerprint density at radius 2 is 2.00 bits per heavy atom. The fourth-order valence-electron chi connectivity index (χ4n) is 3.74. The third-order valence-electron chi connectivity index (χ3n) is 5.37. The molecule has 1 aromatic heterocycles. The molecular formula is C23H24N4O4. The maximum atomic E-state index is 12.9. The summed E-state index contributed by atoms with van der Waals surface area (Å²) >= 11 is 0. The summed E-state index contributed by atoms with van der Waals surface area (Å²) in [5.41, 5.74) is 3.24. The van der Waals surface area contributed by atoms with Gasteiger partial charge in [-0.25, -0.2) is 4.68 Å². The second-order valence-electron chi connectivity index (χ2n) is 7.28. The van der Waals surface area contributed by atoms with Crippen molar-refractivity contribution in [3.63, 3.8) is 0 Å². The van der Waals surface area contributed by atoms with E-state index in [9.17, 15) is 9.59 Å². The summed E-state index contributed by atoms with van der Waals surface area (Å²) in [7, 11) is 3.11. The van der Waals surface area contributed by atoms with Gasteiger partial charge in [-0.1, -0.05) is 12.1 Å². The van der Waals surface area contributed by atoms with Gasteiger partial charge in [-0.05, 0) is 47.5 Å². The van der Waals surface area contributed by atoms with Crippen LogP contribution in [0.15, 0.2) is 60.9 Å². The number of benzene rings is 2. The van der Waals surface area contributed by atoms with Gasteiger partial charge in [-0.3, -0.25) is 9.59 Å². The second kappa shape index (κ2) is 9.01. The fourth-order valence-corrected chi connectivity index (χ4v) is 3.74. The molecule has 31 heavy (non-hydrogen) atoms. The van der Waals surface area contributed by atoms with Crippen LogP contribution in [0.5, 0.6) is 5.75 Å². The molecule has 1 unspecified atom stereocenters. The first kappa shape index (κ1) is 20.6. The first-order valence-corrected chi connectivity index (χ1v) is 9.93. The van der Waals surface area contributed by atoms with Crippen LogP contribution in [-0.4, -0.2) is 54.0 Å². The van der Waals surface area contributed by atoms with Gasteiger partial charge in [0.1, 0.15) is 12.5 Å². The van der Waals surface area contributed by atoms with E-state index in [1.165, 1.54) is 7.11 Å². The Morgan fingerprint density at radius 1 is 1.19 bits per heavy atom. The Bertz CT molecular complexity index is 1060. The first-order valence-electron chi connectivity index (χ1n) is 9.93. The molecule has 3 aromatic rings. The van der Waals surface area contributed by atoms with E-state index < -0.39 is 5.92 Å². The number of hydrogen-bond donors (Lipinski definition) is 1. The number of nitrogens with one attached hydrogen (secondary N) is 1. The SMILES string of the molecule is COCNC(=O)C(CN1Cc2cc(OC)ccc2C1=O)c1ccc(-n2cccn2)cc1. The highest BCUT2D eigenvalue weighted by Gasteiger charge is 2.32. The summed E-state index contributed by atoms with van der Waals surface area (Å²) in [6, 6.07) is 14.9. The normalized spacial score (nSPS) is 13.7. The predicted octanol–water partition coefficient (Wildman–Crippen LogP) is 2.34. The molecule has 1 aliphatic heterocycles. The molecule has 0 fully saturated rings. The maximum Gasteiger partial charge on any atom is 0.254 e. The van der Waals surface area contributed by atoms with Gasteiger partial charge in [-0.2, -0.15) is 5.10 Å². The van der Waals surface area contributed by atoms with Gasteiger partial charge in [-0.15, -0.1) is 0 Å². The van der Waals surface area contributed by atoms with Gasteiger partial charge in [0, 0.05) is 38.2 Å². The molecule has 2 aromatic carbocycles. The summed E-state index contributed by atoms with van der Waals surface area (Å²) in [6.45, 7) is 0.795. The lowest BCUT2D eigenvalue weighted by molar-refractivity contribution is -0.124. The molecule has 0 saturated heterocycles. The summed E-state index contributed by atoms with van der Waals surface area (Å²) < 4.78 is 12.0. The quantitative estimate of drug-likeness (QED) is 0.566. The van der Waals surface area contributed by atoms with Gasteiger partial charge in [0.2, 0.25) is 5.91 Å². The minimum absolute atomic E-state index is 0.0876. The lowest BCUT2D eigenvalue weighted by Crippen LogP contribution is -2.38. The zero-order valence-corrected chi connectivity index (χ0v) is 17.4. The van der Waals surface area contributed by atoms with E-state index in [0.29, 0.717) is 17.9 Å². The molecule has 0 spiro atoms. The molecule has 0 aliphatic carbocycles. The highest BCUT2D eigenvalue weighted by Crippen LogP contribution is 2.29. The van der Waals surface area contributed by atoms with E-state index in [2.05, 4.69) is 10.4 Å². The number of rotatable bonds is 8. The van der Waals surface area contributed by atoms with E-state index in [4.69, 9.17) is 9.47 Å². The Labute approximate surface area is 180 Å². The third kappa shape index (κ3) is 4.29. The van der Waals surface area contributed by atoms with Crippen molar-refractivity contribution in [1.29, 1.82) is 0 Å². The molecule has 1 atom stereocenters. The van der Waals surface area contributed by atoms with Crippen molar-refractivity contribution >= 4 is 11.8 Å². The van der Waals surface area contributed by atoms with Crippen LogP contribution in [0.2, 0.25) is 0 Å². The predicted molar refractivity (Wildman–Crippen MR) is 114 cm³/mol. The average Bonchev–Trinajstić information content (AvgIpc) is 3.44. The number of carbonyl (C=O) groups excluding carboxylic acids is 2. The largest absolute Gasteiger partial charge is 0.497 e. The Morgan fingerprint density at radius 3 is 2.68 bits per heavy atom. The van der Waals surface area contributed by atoms with Gasteiger partial charge in [0.05, 0.1) is 18.7 Å². The van der Waals surface area contributed by atoms with Crippen molar-refractivity contribution in [2.75, 3.05) is 27.5 Å². The number of aromatic nitrogens is 2. The van der Waals surface area contributed by atoms with Gasteiger partial charge >= 0.3 is 0 Å². The smallest absolute Gasteiger partial charge is 0.254 e. The molecule has 1 N–H and O–H groups in total. The van der Waals surface area contributed by atoms with Crippen LogP contribution in [-0.2, 0) is 16.1 Å². The van der Waals surface area contributed by atoms with Gasteiger partial charge in [0.15, 0.2) is 0 Å². The summed E-state index contributed by atoms with van der Waals surface area (Å²) in [5, 5.41) is 6.99. The zero-order chi connectivity index (χ0) is 21.8. The zero-order valence-electron chi connectivity index (χ0n) is 17.4. The highest BCUT2D eigenvalue weighted by atomic mass is 16.5. The molecule has 160 valence electrons. The molecule has 0 radical (unpaired) electrons. The number of hydrogen-bond acceptors (Lipinski definition) is 5. The Hall–Kier alpha value is -3.65. The topological polar surface area (TPSA) is 85.7 Å². The van der Waals surface area contributed by atoms with E-state index in [1.807, 2.05) is 42.6 Å². The molecule has 0 bridgehead atoms. The number of amides is 2. The Kier molecular flexibility index (Phi) is 5.99. The van der Waals surface area contributed by atoms with Crippen LogP contribution in [0.1, 0.15) is 27.4 Å². The van der Waals surface area contributed by atoms with E-state index in [0.717, 1.165) is 16.8 Å². The van der Waals surface area contributed by atoms with Crippen molar-refractivity contribution in [3.8, 4) is 11.4 Å². The van der Waals surface area contributed by atoms with Crippen LogP contribution in [0.3, 0.4) is 0 Å². The van der Waals surface area contributed by atoms with Crippen LogP contribution in [0.25, 0.3) is 5.69 Å². The van der Waals surface area contributed by atoms with Crippen molar-refractivity contribution < 1.29 is 19.1 Å². The molecule has 8 nitrogen and oxygen atoms in total. The summed E-state index contributed by atoms with van der Waals surface area (Å²) in [6.07, 6.45) is 3.56. The average molecular weight is 420 g/mol. The van der Waals surface area contributed by atoms with Crippen LogP contribution in [0.4, 0.5) is 0 Å². The molecule has 2 heterocycles. The van der Waals surface area contributed by atoms with E-state index >= 15 is 0 Å². The molecular weight excluding hydrogens is 396 g/mol. The molecule has 4 rings (SSSR count). The van der Waals surface area contributed by atoms with Crippen LogP contribution < -0.4 is 10.1 Å². The lowest BCUT2D eigenvalue weighted by Gasteiger charge is -2.24. The number of ether oxygens (including phenoxy) is 2. The number of fused-ring (bicyclic) bond motifs is 1. The van der Waals surface area contributed by atoms with Crippen LogP contribution >= 0.6 is 0 Å². The van der Waals surface area contributed by atoms with E-state index in [1.54, 1.807) is 35.0 Å². The molecule has 8 heteroatoms. The number of methoxy groups -OCH3 is 2. The van der Waals surface area contributed by atoms with Crippen molar-refractivity contribution in [2.45, 2.75) is 12.5 Å². The molecule has 1 aliphatic rings. The number of nitrogens with zero attached hydrogens (tertiary/aromatic N) is 3. The van der Waals surface area contributed by atoms with Crippen molar-refractivity contribution in [1.82, 2.24) is 20.0 Å². The van der Waals surface area contributed by atoms with Crippen molar-refractivity contribution in [3.05, 3.63) is 77.6 Å². The van der Waals surface area contributed by atoms with Crippen molar-refractivity contribution in [2.24, 2.45) is 0 Å². The third-order valence-corrected chi connectivity index (χ3v) is 5.37. The summed E-state index contributed by atoms with van der Waals surface area (Å²) in [5.74, 6) is -0.121. The fraction of sp³-hybridized carbons (Fsp3) is 0.261. The first-order chi connectivity index (χ1) is 15.1. The monoisotopic (exact) mass is 420 g/mol. The highest BCUT2D eigenvalue weighted by molar-refractivity contribution is 5.99. The minimum atomic E-state index is -0.540. The minimum Gasteiger partial charge on any atom is -0.497 e. The van der Waals surface area contributed by atoms with Gasteiger partial charge in [0.25, 0.3) is 5.91 Å². The standard InChI is InChI=1S/C23H24N4O4/c1-30-15-24-22(28)21(16-4-6-18(7-5-16)27-11-3-10-25-27)14-26-13-17-12-19(31-2)8-9-20(17)23(26)29/h3-12,21H,13-15H2,1-2H3,(H,24,28). The van der Waals surface area contributed by atoms with Gasteiger partial charge < -0.3 is 19.7 Å². The Balaban J connectivity index is 1.57. The summed E-state index contributed by atoms with van der Waals surface area (Å²) in [4.78, 5) is 27.5. The second-order valence-corrected chi connectivity index (χ2v) is 7.28.